The second kappa shape index (κ2) is 7.12. The van der Waals surface area contributed by atoms with E-state index in [0.717, 1.165) is 28.8 Å². The summed E-state index contributed by atoms with van der Waals surface area (Å²) in [5.41, 5.74) is 2.45. The summed E-state index contributed by atoms with van der Waals surface area (Å²) in [6.45, 7) is 8.94. The molecule has 18 heavy (non-hydrogen) atoms. The van der Waals surface area contributed by atoms with Gasteiger partial charge in [-0.25, -0.2) is 0 Å². The van der Waals surface area contributed by atoms with E-state index in [0.29, 0.717) is 6.61 Å². The van der Waals surface area contributed by atoms with Gasteiger partial charge in [-0.15, -0.1) is 0 Å². The lowest BCUT2D eigenvalue weighted by molar-refractivity contribution is 0.185. The standard InChI is InChI=1S/C14H23BrN2O/c1-14(2,3)17-9-8-16-13-7-5-6-12(15)11(13)10-18-4/h5-7,16-17H,8-10H2,1-4H3. The number of anilines is 1. The Bertz CT molecular complexity index is 375. The zero-order valence-electron chi connectivity index (χ0n) is 11.6. The molecule has 0 radical (unpaired) electrons. The van der Waals surface area contributed by atoms with Crippen molar-refractivity contribution >= 4 is 21.6 Å². The highest BCUT2D eigenvalue weighted by molar-refractivity contribution is 9.10. The number of halogens is 1. The molecule has 0 aliphatic carbocycles. The monoisotopic (exact) mass is 314 g/mol. The van der Waals surface area contributed by atoms with Gasteiger partial charge < -0.3 is 15.4 Å². The van der Waals surface area contributed by atoms with Gasteiger partial charge in [0.2, 0.25) is 0 Å². The molecule has 0 spiro atoms. The SMILES string of the molecule is COCc1c(Br)cccc1NCCNC(C)(C)C. The maximum absolute atomic E-state index is 5.22. The molecule has 1 rings (SSSR count). The van der Waals surface area contributed by atoms with Gasteiger partial charge in [0.25, 0.3) is 0 Å². The Morgan fingerprint density at radius 2 is 1.94 bits per heavy atom. The van der Waals surface area contributed by atoms with E-state index in [1.54, 1.807) is 7.11 Å². The summed E-state index contributed by atoms with van der Waals surface area (Å²) in [6, 6.07) is 6.14. The molecular formula is C14H23BrN2O. The van der Waals surface area contributed by atoms with Gasteiger partial charge in [-0.05, 0) is 32.9 Å². The van der Waals surface area contributed by atoms with Crippen molar-refractivity contribution in [2.45, 2.75) is 32.9 Å². The van der Waals surface area contributed by atoms with E-state index < -0.39 is 0 Å². The van der Waals surface area contributed by atoms with Crippen LogP contribution in [-0.4, -0.2) is 25.7 Å². The van der Waals surface area contributed by atoms with Crippen molar-refractivity contribution in [1.82, 2.24) is 5.32 Å². The number of ether oxygens (including phenoxy) is 1. The number of methoxy groups -OCH3 is 1. The molecule has 1 aromatic rings. The first-order valence-electron chi connectivity index (χ1n) is 6.19. The first-order valence-corrected chi connectivity index (χ1v) is 6.98. The van der Waals surface area contributed by atoms with Gasteiger partial charge in [0.15, 0.2) is 0 Å². The Labute approximate surface area is 118 Å². The van der Waals surface area contributed by atoms with Crippen molar-refractivity contribution in [1.29, 1.82) is 0 Å². The molecule has 102 valence electrons. The van der Waals surface area contributed by atoms with Crippen LogP contribution in [0.5, 0.6) is 0 Å². The van der Waals surface area contributed by atoms with E-state index in [2.05, 4.69) is 53.4 Å². The molecule has 0 aliphatic rings. The van der Waals surface area contributed by atoms with Crippen molar-refractivity contribution < 1.29 is 4.74 Å². The molecule has 0 fully saturated rings. The molecule has 0 saturated carbocycles. The largest absolute Gasteiger partial charge is 0.383 e. The highest BCUT2D eigenvalue weighted by Gasteiger charge is 2.08. The lowest BCUT2D eigenvalue weighted by atomic mass is 10.1. The van der Waals surface area contributed by atoms with E-state index in [1.807, 2.05) is 12.1 Å². The molecule has 0 atom stereocenters. The van der Waals surface area contributed by atoms with E-state index in [1.165, 1.54) is 0 Å². The Balaban J connectivity index is 2.54. The summed E-state index contributed by atoms with van der Waals surface area (Å²) >= 11 is 3.55. The van der Waals surface area contributed by atoms with Crippen LogP contribution in [0.2, 0.25) is 0 Å². The summed E-state index contributed by atoms with van der Waals surface area (Å²) in [5.74, 6) is 0. The van der Waals surface area contributed by atoms with Gasteiger partial charge in [-0.1, -0.05) is 22.0 Å². The van der Waals surface area contributed by atoms with E-state index in [4.69, 9.17) is 4.74 Å². The third kappa shape index (κ3) is 5.38. The summed E-state index contributed by atoms with van der Waals surface area (Å²) in [7, 11) is 1.71. The third-order valence-corrected chi connectivity index (χ3v) is 3.25. The molecule has 4 heteroatoms. The number of hydrogen-bond donors (Lipinski definition) is 2. The average molecular weight is 315 g/mol. The molecule has 0 heterocycles. The first-order chi connectivity index (χ1) is 8.44. The van der Waals surface area contributed by atoms with Gasteiger partial charge in [0, 0.05) is 41.5 Å². The molecule has 3 nitrogen and oxygen atoms in total. The summed E-state index contributed by atoms with van der Waals surface area (Å²) in [5, 5.41) is 6.89. The normalized spacial score (nSPS) is 11.6. The van der Waals surface area contributed by atoms with Gasteiger partial charge in [0.1, 0.15) is 0 Å². The zero-order valence-corrected chi connectivity index (χ0v) is 13.2. The smallest absolute Gasteiger partial charge is 0.0744 e. The summed E-state index contributed by atoms with van der Waals surface area (Å²) < 4.78 is 6.31. The topological polar surface area (TPSA) is 33.3 Å². The van der Waals surface area contributed by atoms with Gasteiger partial charge in [-0.2, -0.15) is 0 Å². The van der Waals surface area contributed by atoms with Gasteiger partial charge in [0.05, 0.1) is 6.61 Å². The number of rotatable bonds is 6. The van der Waals surface area contributed by atoms with Crippen LogP contribution in [0.1, 0.15) is 26.3 Å². The fourth-order valence-electron chi connectivity index (χ4n) is 1.65. The molecule has 0 amide bonds. The van der Waals surface area contributed by atoms with Crippen LogP contribution in [0.25, 0.3) is 0 Å². The van der Waals surface area contributed by atoms with Crippen LogP contribution in [0.15, 0.2) is 22.7 Å². The Hall–Kier alpha value is -0.580. The number of hydrogen-bond acceptors (Lipinski definition) is 3. The first kappa shape index (κ1) is 15.5. The maximum Gasteiger partial charge on any atom is 0.0744 e. The molecule has 1 aromatic carbocycles. The zero-order chi connectivity index (χ0) is 13.6. The van der Waals surface area contributed by atoms with Crippen molar-refractivity contribution in [2.75, 3.05) is 25.5 Å². The Morgan fingerprint density at radius 1 is 1.22 bits per heavy atom. The van der Waals surface area contributed by atoms with Gasteiger partial charge in [-0.3, -0.25) is 0 Å². The van der Waals surface area contributed by atoms with Crippen LogP contribution < -0.4 is 10.6 Å². The number of benzene rings is 1. The van der Waals surface area contributed by atoms with Gasteiger partial charge >= 0.3 is 0 Å². The lowest BCUT2D eigenvalue weighted by Crippen LogP contribution is -2.38. The highest BCUT2D eigenvalue weighted by atomic mass is 79.9. The predicted molar refractivity (Wildman–Crippen MR) is 81.1 cm³/mol. The minimum atomic E-state index is 0.161. The van der Waals surface area contributed by atoms with Crippen LogP contribution in [0, 0.1) is 0 Å². The molecule has 0 saturated heterocycles. The summed E-state index contributed by atoms with van der Waals surface area (Å²) in [4.78, 5) is 0. The van der Waals surface area contributed by atoms with E-state index in [-0.39, 0.29) is 5.54 Å². The van der Waals surface area contributed by atoms with Crippen molar-refractivity contribution in [2.24, 2.45) is 0 Å². The fraction of sp³-hybridized carbons (Fsp3) is 0.571. The molecule has 0 aliphatic heterocycles. The molecule has 0 unspecified atom stereocenters. The quantitative estimate of drug-likeness (QED) is 0.790. The van der Waals surface area contributed by atoms with Crippen molar-refractivity contribution in [3.05, 3.63) is 28.2 Å². The lowest BCUT2D eigenvalue weighted by Gasteiger charge is -2.21. The molecular weight excluding hydrogens is 292 g/mol. The fourth-order valence-corrected chi connectivity index (χ4v) is 2.13. The van der Waals surface area contributed by atoms with Crippen LogP contribution in [0.4, 0.5) is 5.69 Å². The summed E-state index contributed by atoms with van der Waals surface area (Å²) in [6.07, 6.45) is 0. The molecule has 0 aromatic heterocycles. The Kier molecular flexibility index (Phi) is 6.12. The minimum absolute atomic E-state index is 0.161. The van der Waals surface area contributed by atoms with E-state index in [9.17, 15) is 0 Å². The Morgan fingerprint density at radius 3 is 2.56 bits per heavy atom. The van der Waals surface area contributed by atoms with Crippen molar-refractivity contribution in [3.8, 4) is 0 Å². The average Bonchev–Trinajstić information content (AvgIpc) is 2.27. The van der Waals surface area contributed by atoms with Crippen LogP contribution in [-0.2, 0) is 11.3 Å². The number of nitrogens with one attached hydrogen (secondary N) is 2. The second-order valence-electron chi connectivity index (χ2n) is 5.30. The van der Waals surface area contributed by atoms with E-state index >= 15 is 0 Å². The van der Waals surface area contributed by atoms with Crippen molar-refractivity contribution in [3.63, 3.8) is 0 Å². The molecule has 0 bridgehead atoms. The highest BCUT2D eigenvalue weighted by Crippen LogP contribution is 2.25. The minimum Gasteiger partial charge on any atom is -0.383 e. The molecule has 2 N–H and O–H groups in total. The van der Waals surface area contributed by atoms with Crippen LogP contribution in [0.3, 0.4) is 0 Å². The maximum atomic E-state index is 5.22. The predicted octanol–water partition coefficient (Wildman–Crippen LogP) is 3.40. The second-order valence-corrected chi connectivity index (χ2v) is 6.16. The van der Waals surface area contributed by atoms with Crippen LogP contribution >= 0.6 is 15.9 Å². The third-order valence-electron chi connectivity index (χ3n) is 2.50.